The van der Waals surface area contributed by atoms with E-state index < -0.39 is 32.7 Å². The lowest BCUT2D eigenvalue weighted by Crippen LogP contribution is -2.64. The molecule has 2 rings (SSSR count). The van der Waals surface area contributed by atoms with Crippen LogP contribution in [0.5, 0.6) is 0 Å². The maximum atomic E-state index is 12.7. The smallest absolute Gasteiger partial charge is 0.307 e. The highest BCUT2D eigenvalue weighted by Crippen LogP contribution is 2.41. The number of rotatable bonds is 0. The molecule has 3 unspecified atom stereocenters. The molecule has 1 heterocycles. The van der Waals surface area contributed by atoms with Crippen LogP contribution in [0.2, 0.25) is 0 Å². The number of nitrogens with one attached hydrogen (secondary N) is 1. The summed E-state index contributed by atoms with van der Waals surface area (Å²) in [6, 6.07) is -0.336. The van der Waals surface area contributed by atoms with Crippen molar-refractivity contribution < 1.29 is 21.6 Å². The van der Waals surface area contributed by atoms with Crippen molar-refractivity contribution in [1.82, 2.24) is 5.32 Å². The minimum atomic E-state index is -4.28. The standard InChI is InChI=1S/C11H18F3NO2S/c1-10(2)6-18(16,17)9-5-7(11(12,13)14)3-4-8(9)15-10/h7-9,15H,3-6H2,1-2H3. The third-order valence-corrected chi connectivity index (χ3v) is 6.42. The van der Waals surface area contributed by atoms with E-state index in [2.05, 4.69) is 5.32 Å². The van der Waals surface area contributed by atoms with E-state index in [0.717, 1.165) is 0 Å². The van der Waals surface area contributed by atoms with Crippen molar-refractivity contribution in [2.24, 2.45) is 5.92 Å². The van der Waals surface area contributed by atoms with Crippen LogP contribution in [-0.2, 0) is 9.84 Å². The van der Waals surface area contributed by atoms with E-state index in [4.69, 9.17) is 0 Å². The van der Waals surface area contributed by atoms with Crippen LogP contribution in [0.4, 0.5) is 13.2 Å². The summed E-state index contributed by atoms with van der Waals surface area (Å²) in [7, 11) is -3.45. The minimum absolute atomic E-state index is 0.0171. The van der Waals surface area contributed by atoms with Gasteiger partial charge in [0, 0.05) is 11.6 Å². The summed E-state index contributed by atoms with van der Waals surface area (Å²) in [6.07, 6.45) is -4.28. The van der Waals surface area contributed by atoms with Gasteiger partial charge in [0.2, 0.25) is 0 Å². The third kappa shape index (κ3) is 2.66. The van der Waals surface area contributed by atoms with E-state index in [1.807, 2.05) is 0 Å². The van der Waals surface area contributed by atoms with Crippen molar-refractivity contribution in [3.63, 3.8) is 0 Å². The Kier molecular flexibility index (Phi) is 3.21. The van der Waals surface area contributed by atoms with Crippen LogP contribution in [0.15, 0.2) is 0 Å². The zero-order valence-electron chi connectivity index (χ0n) is 10.4. The second-order valence-electron chi connectivity index (χ2n) is 6.03. The Morgan fingerprint density at radius 3 is 2.39 bits per heavy atom. The van der Waals surface area contributed by atoms with Crippen LogP contribution in [0.1, 0.15) is 33.1 Å². The summed E-state index contributed by atoms with van der Waals surface area (Å²) >= 11 is 0. The molecule has 1 aliphatic carbocycles. The van der Waals surface area contributed by atoms with Gasteiger partial charge < -0.3 is 5.32 Å². The molecule has 0 aromatic heterocycles. The van der Waals surface area contributed by atoms with Gasteiger partial charge in [-0.15, -0.1) is 0 Å². The Morgan fingerprint density at radius 2 is 1.83 bits per heavy atom. The molecule has 0 aromatic rings. The van der Waals surface area contributed by atoms with E-state index in [9.17, 15) is 21.6 Å². The maximum Gasteiger partial charge on any atom is 0.391 e. The molecule has 0 spiro atoms. The first-order chi connectivity index (χ1) is 8.01. The average molecular weight is 285 g/mol. The molecule has 1 saturated heterocycles. The largest absolute Gasteiger partial charge is 0.391 e. The second kappa shape index (κ2) is 4.10. The maximum absolute atomic E-state index is 12.7. The van der Waals surface area contributed by atoms with Crippen molar-refractivity contribution in [3.8, 4) is 0 Å². The van der Waals surface area contributed by atoms with E-state index >= 15 is 0 Å². The van der Waals surface area contributed by atoms with Crippen LogP contribution < -0.4 is 5.32 Å². The van der Waals surface area contributed by atoms with Crippen molar-refractivity contribution in [3.05, 3.63) is 0 Å². The summed E-state index contributed by atoms with van der Waals surface area (Å²) in [5.41, 5.74) is -0.551. The molecule has 7 heteroatoms. The summed E-state index contributed by atoms with van der Waals surface area (Å²) < 4.78 is 62.3. The molecule has 0 amide bonds. The molecule has 2 fully saturated rings. The molecule has 0 radical (unpaired) electrons. The molecule has 3 atom stereocenters. The monoisotopic (exact) mass is 285 g/mol. The predicted octanol–water partition coefficient (Wildman–Crippen LogP) is 1.88. The molecule has 3 nitrogen and oxygen atoms in total. The fourth-order valence-electron chi connectivity index (χ4n) is 3.14. The lowest BCUT2D eigenvalue weighted by Gasteiger charge is -2.46. The number of hydrogen-bond acceptors (Lipinski definition) is 3. The quantitative estimate of drug-likeness (QED) is 0.739. The third-order valence-electron chi connectivity index (χ3n) is 3.85. The van der Waals surface area contributed by atoms with Gasteiger partial charge in [-0.3, -0.25) is 0 Å². The summed E-state index contributed by atoms with van der Waals surface area (Å²) in [5, 5.41) is 2.29. The van der Waals surface area contributed by atoms with Crippen LogP contribution in [0.3, 0.4) is 0 Å². The zero-order chi connectivity index (χ0) is 13.8. The number of sulfone groups is 1. The fraction of sp³-hybridized carbons (Fsp3) is 1.00. The first-order valence-corrected chi connectivity index (χ1v) is 7.79. The zero-order valence-corrected chi connectivity index (χ0v) is 11.2. The Hall–Kier alpha value is -0.300. The van der Waals surface area contributed by atoms with Gasteiger partial charge in [0.25, 0.3) is 0 Å². The van der Waals surface area contributed by atoms with E-state index in [1.54, 1.807) is 13.8 Å². The van der Waals surface area contributed by atoms with Crippen LogP contribution in [0, 0.1) is 5.92 Å². The summed E-state index contributed by atoms with van der Waals surface area (Å²) in [4.78, 5) is 0. The predicted molar refractivity (Wildman–Crippen MR) is 62.0 cm³/mol. The SMILES string of the molecule is CC1(C)CS(=O)(=O)C2CC(C(F)(F)F)CCC2N1. The first kappa shape index (κ1) is 14.1. The Bertz CT molecular complexity index is 430. The number of hydrogen-bond donors (Lipinski definition) is 1. The van der Waals surface area contributed by atoms with Crippen LogP contribution in [0.25, 0.3) is 0 Å². The van der Waals surface area contributed by atoms with Gasteiger partial charge in [-0.05, 0) is 33.1 Å². The number of fused-ring (bicyclic) bond motifs is 1. The summed E-state index contributed by atoms with van der Waals surface area (Å²) in [6.45, 7) is 3.55. The Morgan fingerprint density at radius 1 is 1.22 bits per heavy atom. The van der Waals surface area contributed by atoms with Crippen molar-refractivity contribution in [1.29, 1.82) is 0 Å². The molecule has 0 aromatic carbocycles. The lowest BCUT2D eigenvalue weighted by molar-refractivity contribution is -0.182. The summed E-state index contributed by atoms with van der Waals surface area (Å²) in [5.74, 6) is -1.57. The van der Waals surface area contributed by atoms with Crippen LogP contribution in [-0.4, -0.2) is 37.2 Å². The Labute approximate surface area is 105 Å². The molecule has 1 aliphatic heterocycles. The highest BCUT2D eigenvalue weighted by Gasteiger charge is 2.52. The van der Waals surface area contributed by atoms with Gasteiger partial charge in [-0.1, -0.05) is 0 Å². The normalized spacial score (nSPS) is 39.1. The lowest BCUT2D eigenvalue weighted by atomic mass is 9.84. The molecule has 1 saturated carbocycles. The first-order valence-electron chi connectivity index (χ1n) is 6.07. The highest BCUT2D eigenvalue weighted by atomic mass is 32.2. The topological polar surface area (TPSA) is 46.2 Å². The molecular formula is C11H18F3NO2S. The van der Waals surface area contributed by atoms with Gasteiger partial charge in [-0.2, -0.15) is 13.2 Å². The Balaban J connectivity index is 2.22. The molecule has 106 valence electrons. The average Bonchev–Trinajstić information content (AvgIpc) is 2.12. The number of alkyl halides is 3. The highest BCUT2D eigenvalue weighted by molar-refractivity contribution is 7.92. The molecule has 1 N–H and O–H groups in total. The van der Waals surface area contributed by atoms with Crippen molar-refractivity contribution in [2.75, 3.05) is 5.75 Å². The van der Waals surface area contributed by atoms with E-state index in [0.29, 0.717) is 0 Å². The van der Waals surface area contributed by atoms with Crippen molar-refractivity contribution in [2.45, 2.75) is 56.1 Å². The van der Waals surface area contributed by atoms with Gasteiger partial charge >= 0.3 is 6.18 Å². The minimum Gasteiger partial charge on any atom is -0.307 e. The van der Waals surface area contributed by atoms with E-state index in [1.165, 1.54) is 0 Å². The van der Waals surface area contributed by atoms with Crippen LogP contribution >= 0.6 is 0 Å². The molecule has 2 aliphatic rings. The van der Waals surface area contributed by atoms with Crippen molar-refractivity contribution >= 4 is 9.84 Å². The molecular weight excluding hydrogens is 267 g/mol. The fourth-order valence-corrected chi connectivity index (χ4v) is 5.68. The molecule has 18 heavy (non-hydrogen) atoms. The van der Waals surface area contributed by atoms with Gasteiger partial charge in [0.1, 0.15) is 0 Å². The van der Waals surface area contributed by atoms with E-state index in [-0.39, 0.29) is 31.1 Å². The number of halogens is 3. The van der Waals surface area contributed by atoms with Gasteiger partial charge in [-0.25, -0.2) is 8.42 Å². The second-order valence-corrected chi connectivity index (χ2v) is 8.25. The van der Waals surface area contributed by atoms with Gasteiger partial charge in [0.05, 0.1) is 16.9 Å². The molecule has 0 bridgehead atoms. The van der Waals surface area contributed by atoms with Gasteiger partial charge in [0.15, 0.2) is 9.84 Å².